The number of aliphatic hydroxyl groups excluding tert-OH is 13. The summed E-state index contributed by atoms with van der Waals surface area (Å²) < 4.78 is 46.9. The van der Waals surface area contributed by atoms with E-state index in [2.05, 4.69) is 13.5 Å². The van der Waals surface area contributed by atoms with Crippen LogP contribution in [0.2, 0.25) is 0 Å². The molecule has 22 nitrogen and oxygen atoms in total. The van der Waals surface area contributed by atoms with Crippen LogP contribution in [-0.2, 0) is 42.7 Å². The average Bonchev–Trinajstić information content (AvgIpc) is 3.47. The first-order valence-electron chi connectivity index (χ1n) is 22.8. The Morgan fingerprint density at radius 3 is 1.92 bits per heavy atom. The largest absolute Gasteiger partial charge is 0.432 e. The summed E-state index contributed by atoms with van der Waals surface area (Å²) in [5, 5.41) is 136. The summed E-state index contributed by atoms with van der Waals surface area (Å²) in [6, 6.07) is 0. The van der Waals surface area contributed by atoms with Gasteiger partial charge in [-0.2, -0.15) is 0 Å². The Morgan fingerprint density at radius 2 is 1.25 bits per heavy atom. The number of fused-ring (bicyclic) bond motifs is 3. The summed E-state index contributed by atoms with van der Waals surface area (Å²) in [5.41, 5.74) is -2.08. The number of aliphatic hydroxyl groups is 13. The number of rotatable bonds is 11. The lowest BCUT2D eigenvalue weighted by Crippen LogP contribution is -2.65. The second-order valence-corrected chi connectivity index (χ2v) is 20.4. The van der Waals surface area contributed by atoms with Crippen molar-refractivity contribution in [3.63, 3.8) is 0 Å². The van der Waals surface area contributed by atoms with Crippen molar-refractivity contribution < 1.29 is 109 Å². The van der Waals surface area contributed by atoms with Crippen molar-refractivity contribution in [1.82, 2.24) is 0 Å². The van der Waals surface area contributed by atoms with Crippen molar-refractivity contribution in [3.8, 4) is 0 Å². The lowest BCUT2D eigenvalue weighted by Gasteiger charge is -2.64. The fourth-order valence-corrected chi connectivity index (χ4v) is 13.1. The molecule has 1 spiro atoms. The molecule has 0 amide bonds. The molecule has 8 rings (SSSR count). The molecule has 4 saturated heterocycles. The van der Waals surface area contributed by atoms with E-state index in [4.69, 9.17) is 37.9 Å². The SMILES string of the molecule is C=C1C[C@]23CC[C@H]4C(C)(C(=O)O[C@@H]5O[C@H](CO[C@@H]6OC[C@@H](O)[C@H](O)[C@H]6O)[C@@H](O)[C@H](O)[C@H]5O)CCC[C@]4(C)[C@H]2CC[C@]1(O[C@@H]1O[C@H](CO)[C@@H](O)[C@H](O)[C@H]1O[C@@H]1O[C@H](CO)[C@@H](O)[C@H](O)[C@H]1O)C3. The minimum Gasteiger partial charge on any atom is -0.432 e. The van der Waals surface area contributed by atoms with Crippen LogP contribution in [0.1, 0.15) is 71.6 Å². The van der Waals surface area contributed by atoms with Crippen LogP contribution in [0.3, 0.4) is 0 Å². The number of esters is 1. The van der Waals surface area contributed by atoms with Crippen molar-refractivity contribution >= 4 is 5.97 Å². The zero-order chi connectivity index (χ0) is 47.1. The highest BCUT2D eigenvalue weighted by Gasteiger charge is 2.69. The molecular formula is C43H68O22. The topological polar surface area (TPSA) is 354 Å². The van der Waals surface area contributed by atoms with E-state index in [1.165, 1.54) is 0 Å². The molecule has 13 N–H and O–H groups in total. The van der Waals surface area contributed by atoms with Gasteiger partial charge in [-0.05, 0) is 86.5 Å². The molecule has 8 fully saturated rings. The van der Waals surface area contributed by atoms with E-state index in [9.17, 15) is 71.2 Å². The summed E-state index contributed by atoms with van der Waals surface area (Å²) in [6.07, 6.45) is -25.1. The Labute approximate surface area is 375 Å². The van der Waals surface area contributed by atoms with Gasteiger partial charge in [-0.3, -0.25) is 4.79 Å². The van der Waals surface area contributed by atoms with Gasteiger partial charge in [-0.25, -0.2) is 0 Å². The van der Waals surface area contributed by atoms with E-state index in [0.29, 0.717) is 51.4 Å². The third-order valence-corrected chi connectivity index (χ3v) is 16.7. The van der Waals surface area contributed by atoms with Crippen molar-refractivity contribution in [1.29, 1.82) is 0 Å². The molecule has 0 aromatic rings. The second kappa shape index (κ2) is 18.6. The summed E-state index contributed by atoms with van der Waals surface area (Å²) in [5.74, 6) is -0.783. The van der Waals surface area contributed by atoms with E-state index in [0.717, 1.165) is 12.0 Å². The minimum absolute atomic E-state index is 0.0650. The summed E-state index contributed by atoms with van der Waals surface area (Å²) in [4.78, 5) is 14.5. The quantitative estimate of drug-likeness (QED) is 0.0528. The monoisotopic (exact) mass is 936 g/mol. The third-order valence-electron chi connectivity index (χ3n) is 16.7. The molecule has 4 saturated carbocycles. The van der Waals surface area contributed by atoms with E-state index < -0.39 is 159 Å². The smallest absolute Gasteiger partial charge is 0.314 e. The molecule has 0 radical (unpaired) electrons. The average molecular weight is 937 g/mol. The number of hydrogen-bond acceptors (Lipinski definition) is 22. The Morgan fingerprint density at radius 1 is 0.662 bits per heavy atom. The van der Waals surface area contributed by atoms with E-state index >= 15 is 0 Å². The van der Waals surface area contributed by atoms with E-state index in [1.807, 2.05) is 6.92 Å². The Hall–Kier alpha value is -1.59. The molecule has 2 bridgehead atoms. The summed E-state index contributed by atoms with van der Waals surface area (Å²) >= 11 is 0. The lowest BCUT2D eigenvalue weighted by atomic mass is 9.41. The van der Waals surface area contributed by atoms with Crippen molar-refractivity contribution in [2.75, 3.05) is 26.4 Å². The van der Waals surface area contributed by atoms with Gasteiger partial charge in [0.15, 0.2) is 18.9 Å². The van der Waals surface area contributed by atoms with Crippen LogP contribution in [0.15, 0.2) is 12.2 Å². The summed E-state index contributed by atoms with van der Waals surface area (Å²) in [6.45, 7) is 6.24. The zero-order valence-corrected chi connectivity index (χ0v) is 36.5. The van der Waals surface area contributed by atoms with E-state index in [1.54, 1.807) is 0 Å². The van der Waals surface area contributed by atoms with Gasteiger partial charge in [0, 0.05) is 0 Å². The zero-order valence-electron chi connectivity index (χ0n) is 36.5. The lowest BCUT2D eigenvalue weighted by molar-refractivity contribution is -0.378. The van der Waals surface area contributed by atoms with Crippen molar-refractivity contribution in [3.05, 3.63) is 12.2 Å². The highest BCUT2D eigenvalue weighted by atomic mass is 16.8. The van der Waals surface area contributed by atoms with Crippen LogP contribution in [0.4, 0.5) is 0 Å². The molecule has 22 heteroatoms. The van der Waals surface area contributed by atoms with E-state index in [-0.39, 0.29) is 23.9 Å². The number of carbonyl (C=O) groups is 1. The summed E-state index contributed by atoms with van der Waals surface area (Å²) in [7, 11) is 0. The Kier molecular flexibility index (Phi) is 14.3. The number of hydrogen-bond donors (Lipinski definition) is 13. The van der Waals surface area contributed by atoms with Gasteiger partial charge in [-0.1, -0.05) is 19.9 Å². The third kappa shape index (κ3) is 8.43. The molecule has 0 aromatic heterocycles. The molecular weight excluding hydrogens is 868 g/mol. The molecule has 4 aliphatic heterocycles. The molecule has 4 heterocycles. The Bertz CT molecular complexity index is 1710. The minimum atomic E-state index is -1.83. The highest BCUT2D eigenvalue weighted by molar-refractivity contribution is 5.77. The molecule has 372 valence electrons. The van der Waals surface area contributed by atoms with Gasteiger partial charge in [0.1, 0.15) is 91.6 Å². The van der Waals surface area contributed by atoms with Gasteiger partial charge in [-0.15, -0.1) is 0 Å². The van der Waals surface area contributed by atoms with Gasteiger partial charge < -0.3 is 104 Å². The first-order chi connectivity index (χ1) is 30.6. The standard InChI is InChI=1S/C43H68O22/c1-17-11-42-9-5-22-40(2,7-4-8-41(22,3)39(57)64-37-33(56)29(52)27(50)21(62-37)15-59-35-31(54)24(47)18(46)14-58-35)23(42)6-10-43(17,16-42)65-38-34(30(53)26(49)20(13-45)61-38)63-36-32(55)28(51)25(48)19(12-44)60-36/h18-38,44-56H,1,4-16H2,2-3H3/t18-,19-,20-,21-,22-,23-,24+,25-,26-,27-,28+,29+,30+,31-,32-,33-,34-,35+,36+,37+,38+,40+,41?,42+,43+/m1/s1. The van der Waals surface area contributed by atoms with Crippen LogP contribution in [0.25, 0.3) is 0 Å². The Balaban J connectivity index is 0.965. The molecule has 1 unspecified atom stereocenters. The van der Waals surface area contributed by atoms with Gasteiger partial charge in [0.25, 0.3) is 0 Å². The van der Waals surface area contributed by atoms with Crippen LogP contribution in [-0.4, -0.2) is 221 Å². The van der Waals surface area contributed by atoms with Gasteiger partial charge in [0.2, 0.25) is 6.29 Å². The van der Waals surface area contributed by atoms with Crippen LogP contribution in [0.5, 0.6) is 0 Å². The van der Waals surface area contributed by atoms with Gasteiger partial charge >= 0.3 is 5.97 Å². The maximum absolute atomic E-state index is 14.5. The fraction of sp³-hybridized carbons (Fsp3) is 0.930. The number of ether oxygens (including phenoxy) is 8. The van der Waals surface area contributed by atoms with Crippen LogP contribution >= 0.6 is 0 Å². The predicted octanol–water partition coefficient (Wildman–Crippen LogP) is -4.47. The second-order valence-electron chi connectivity index (χ2n) is 20.4. The maximum atomic E-state index is 14.5. The van der Waals surface area contributed by atoms with Crippen LogP contribution in [0, 0.1) is 28.1 Å². The normalized spacial score (nSPS) is 54.7. The molecule has 0 aromatic carbocycles. The van der Waals surface area contributed by atoms with Gasteiger partial charge in [0.05, 0.1) is 37.4 Å². The first kappa shape index (κ1) is 49.8. The number of carbonyl (C=O) groups excluding carboxylic acids is 1. The first-order valence-corrected chi connectivity index (χ1v) is 22.8. The maximum Gasteiger partial charge on any atom is 0.314 e. The molecule has 65 heavy (non-hydrogen) atoms. The van der Waals surface area contributed by atoms with Crippen molar-refractivity contribution in [2.24, 2.45) is 28.1 Å². The predicted molar refractivity (Wildman–Crippen MR) is 213 cm³/mol. The molecule has 4 aliphatic carbocycles. The molecule has 25 atom stereocenters. The molecule has 8 aliphatic rings. The van der Waals surface area contributed by atoms with Crippen molar-refractivity contribution in [2.45, 2.75) is 194 Å². The fourth-order valence-electron chi connectivity index (χ4n) is 13.1. The van der Waals surface area contributed by atoms with Crippen LogP contribution < -0.4 is 0 Å². The highest BCUT2D eigenvalue weighted by Crippen LogP contribution is 2.73.